The molecule has 1 aromatic carbocycles. The Morgan fingerprint density at radius 1 is 1.29 bits per heavy atom. The summed E-state index contributed by atoms with van der Waals surface area (Å²) in [5.41, 5.74) is 2.04. The number of anilines is 1. The fourth-order valence-corrected chi connectivity index (χ4v) is 3.69. The zero-order chi connectivity index (χ0) is 19.7. The number of nitrogens with one attached hydrogen (secondary N) is 1. The largest absolute Gasteiger partial charge is 0.375 e. The van der Waals surface area contributed by atoms with E-state index in [4.69, 9.17) is 4.74 Å². The molecule has 0 aliphatic carbocycles. The van der Waals surface area contributed by atoms with Crippen molar-refractivity contribution in [3.05, 3.63) is 63.0 Å². The summed E-state index contributed by atoms with van der Waals surface area (Å²) in [6, 6.07) is 9.62. The highest BCUT2D eigenvalue weighted by Gasteiger charge is 2.15. The molecule has 4 aromatic rings. The molecule has 28 heavy (non-hydrogen) atoms. The summed E-state index contributed by atoms with van der Waals surface area (Å²) in [5.74, 6) is 0.463. The number of para-hydroxylation sites is 1. The van der Waals surface area contributed by atoms with Gasteiger partial charge in [-0.05, 0) is 19.1 Å². The van der Waals surface area contributed by atoms with E-state index in [1.165, 1.54) is 6.20 Å². The van der Waals surface area contributed by atoms with Crippen LogP contribution in [0.25, 0.3) is 16.7 Å². The van der Waals surface area contributed by atoms with Crippen LogP contribution >= 0.6 is 11.3 Å². The van der Waals surface area contributed by atoms with E-state index in [1.54, 1.807) is 23.1 Å². The minimum atomic E-state index is -0.221. The first kappa shape index (κ1) is 18.3. The molecule has 0 fully saturated rings. The molecule has 9 heteroatoms. The number of hydrogen-bond donors (Lipinski definition) is 1. The van der Waals surface area contributed by atoms with Crippen molar-refractivity contribution in [1.82, 2.24) is 24.7 Å². The van der Waals surface area contributed by atoms with Gasteiger partial charge in [0, 0.05) is 19.5 Å². The number of hydrogen-bond acceptors (Lipinski definition) is 7. The molecule has 8 nitrogen and oxygen atoms in total. The molecule has 1 N–H and O–H groups in total. The van der Waals surface area contributed by atoms with Gasteiger partial charge in [-0.3, -0.25) is 9.78 Å². The minimum Gasteiger partial charge on any atom is -0.375 e. The van der Waals surface area contributed by atoms with Gasteiger partial charge in [-0.1, -0.05) is 18.2 Å². The van der Waals surface area contributed by atoms with Crippen molar-refractivity contribution in [2.24, 2.45) is 0 Å². The zero-order valence-corrected chi connectivity index (χ0v) is 16.6. The Balaban J connectivity index is 1.67. The summed E-state index contributed by atoms with van der Waals surface area (Å²) in [4.78, 5) is 26.5. The van der Waals surface area contributed by atoms with E-state index in [9.17, 15) is 4.79 Å². The number of thiazole rings is 1. The molecule has 0 bridgehead atoms. The molecular weight excluding hydrogens is 376 g/mol. The number of aromatic amines is 1. The highest BCUT2D eigenvalue weighted by molar-refractivity contribution is 7.09. The maximum absolute atomic E-state index is 12.5. The van der Waals surface area contributed by atoms with Crippen LogP contribution in [0.15, 0.2) is 46.7 Å². The number of nitrogens with zero attached hydrogens (tertiary/aromatic N) is 5. The number of aromatic nitrogens is 5. The first-order valence-corrected chi connectivity index (χ1v) is 9.66. The molecule has 0 aliphatic heterocycles. The molecule has 0 amide bonds. The van der Waals surface area contributed by atoms with Gasteiger partial charge in [0.2, 0.25) is 5.95 Å². The molecular formula is C19H20N6O2S. The fourth-order valence-electron chi connectivity index (χ4n) is 2.85. The van der Waals surface area contributed by atoms with Gasteiger partial charge in [0.25, 0.3) is 5.56 Å². The van der Waals surface area contributed by atoms with Crippen LogP contribution in [-0.2, 0) is 11.3 Å². The van der Waals surface area contributed by atoms with Gasteiger partial charge >= 0.3 is 0 Å². The molecule has 1 unspecified atom stereocenters. The summed E-state index contributed by atoms with van der Waals surface area (Å²) in [6.45, 7) is 2.48. The van der Waals surface area contributed by atoms with Crippen LogP contribution in [0.2, 0.25) is 0 Å². The second kappa shape index (κ2) is 7.53. The predicted octanol–water partition coefficient (Wildman–Crippen LogP) is 2.91. The highest BCUT2D eigenvalue weighted by atomic mass is 32.1. The quantitative estimate of drug-likeness (QED) is 0.539. The molecule has 0 saturated heterocycles. The lowest BCUT2D eigenvalue weighted by Gasteiger charge is -2.16. The van der Waals surface area contributed by atoms with Crippen molar-refractivity contribution in [2.45, 2.75) is 19.6 Å². The maximum Gasteiger partial charge on any atom is 0.263 e. The third kappa shape index (κ3) is 3.41. The summed E-state index contributed by atoms with van der Waals surface area (Å²) in [7, 11) is 3.53. The average Bonchev–Trinajstić information content (AvgIpc) is 3.35. The molecule has 0 saturated carbocycles. The number of benzene rings is 1. The van der Waals surface area contributed by atoms with Crippen molar-refractivity contribution in [1.29, 1.82) is 0 Å². The topological polar surface area (TPSA) is 88.9 Å². The van der Waals surface area contributed by atoms with Gasteiger partial charge in [-0.15, -0.1) is 11.3 Å². The molecule has 0 spiro atoms. The van der Waals surface area contributed by atoms with Crippen molar-refractivity contribution >= 4 is 28.3 Å². The summed E-state index contributed by atoms with van der Waals surface area (Å²) >= 11 is 1.56. The van der Waals surface area contributed by atoms with Gasteiger partial charge in [-0.25, -0.2) is 9.67 Å². The Morgan fingerprint density at radius 2 is 2.07 bits per heavy atom. The van der Waals surface area contributed by atoms with E-state index < -0.39 is 0 Å². The third-order valence-electron chi connectivity index (χ3n) is 4.46. The van der Waals surface area contributed by atoms with Crippen LogP contribution in [0.1, 0.15) is 23.7 Å². The first-order valence-electron chi connectivity index (χ1n) is 8.78. The van der Waals surface area contributed by atoms with Crippen LogP contribution in [0.5, 0.6) is 0 Å². The number of rotatable bonds is 6. The van der Waals surface area contributed by atoms with Gasteiger partial charge in [0.15, 0.2) is 5.65 Å². The lowest BCUT2D eigenvalue weighted by atomic mass is 10.3. The van der Waals surface area contributed by atoms with E-state index >= 15 is 0 Å². The molecule has 1 atom stereocenters. The lowest BCUT2D eigenvalue weighted by molar-refractivity contribution is 0.119. The molecule has 0 aliphatic rings. The Kier molecular flexibility index (Phi) is 4.93. The second-order valence-electron chi connectivity index (χ2n) is 6.43. The summed E-state index contributed by atoms with van der Waals surface area (Å²) in [6.07, 6.45) is 1.50. The Labute approximate surface area is 165 Å². The minimum absolute atomic E-state index is 0.0430. The Bertz CT molecular complexity index is 1150. The highest BCUT2D eigenvalue weighted by Crippen LogP contribution is 2.22. The summed E-state index contributed by atoms with van der Waals surface area (Å²) in [5, 5.41) is 7.70. The van der Waals surface area contributed by atoms with Crippen molar-refractivity contribution in [3.8, 4) is 5.69 Å². The SMILES string of the molecule is COC(C)c1nc(CN(C)c2nc3c(cnn3-c3ccccc3)c(=O)[nH]2)cs1. The second-order valence-corrected chi connectivity index (χ2v) is 7.32. The van der Waals surface area contributed by atoms with Crippen molar-refractivity contribution in [2.75, 3.05) is 19.1 Å². The van der Waals surface area contributed by atoms with Crippen LogP contribution in [-0.4, -0.2) is 38.9 Å². The lowest BCUT2D eigenvalue weighted by Crippen LogP contribution is -2.23. The zero-order valence-electron chi connectivity index (χ0n) is 15.8. The van der Waals surface area contributed by atoms with Crippen molar-refractivity contribution in [3.63, 3.8) is 0 Å². The molecule has 144 valence electrons. The Hall–Kier alpha value is -3.04. The van der Waals surface area contributed by atoms with Gasteiger partial charge in [-0.2, -0.15) is 10.1 Å². The number of H-pyrrole nitrogens is 1. The number of fused-ring (bicyclic) bond motifs is 1. The fraction of sp³-hybridized carbons (Fsp3) is 0.263. The van der Waals surface area contributed by atoms with Gasteiger partial charge < -0.3 is 9.64 Å². The average molecular weight is 396 g/mol. The third-order valence-corrected chi connectivity index (χ3v) is 5.51. The van der Waals surface area contributed by atoms with Crippen LogP contribution in [0, 0.1) is 0 Å². The maximum atomic E-state index is 12.5. The number of methoxy groups -OCH3 is 1. The van der Waals surface area contributed by atoms with E-state index in [1.807, 2.05) is 54.6 Å². The van der Waals surface area contributed by atoms with Crippen LogP contribution in [0.3, 0.4) is 0 Å². The number of ether oxygens (including phenoxy) is 1. The van der Waals surface area contributed by atoms with Gasteiger partial charge in [0.1, 0.15) is 16.5 Å². The molecule has 3 aromatic heterocycles. The van der Waals surface area contributed by atoms with E-state index in [0.29, 0.717) is 23.5 Å². The van der Waals surface area contributed by atoms with Gasteiger partial charge in [0.05, 0.1) is 24.1 Å². The van der Waals surface area contributed by atoms with E-state index in [0.717, 1.165) is 16.4 Å². The van der Waals surface area contributed by atoms with E-state index in [2.05, 4.69) is 20.1 Å². The summed E-state index contributed by atoms with van der Waals surface area (Å²) < 4.78 is 6.98. The first-order chi connectivity index (χ1) is 13.6. The predicted molar refractivity (Wildman–Crippen MR) is 109 cm³/mol. The molecule has 3 heterocycles. The monoisotopic (exact) mass is 396 g/mol. The normalized spacial score (nSPS) is 12.4. The van der Waals surface area contributed by atoms with E-state index in [-0.39, 0.29) is 11.7 Å². The van der Waals surface area contributed by atoms with Crippen molar-refractivity contribution < 1.29 is 4.74 Å². The smallest absolute Gasteiger partial charge is 0.263 e. The molecule has 0 radical (unpaired) electrons. The molecule has 4 rings (SSSR count). The van der Waals surface area contributed by atoms with Crippen LogP contribution in [0.4, 0.5) is 5.95 Å². The van der Waals surface area contributed by atoms with Crippen LogP contribution < -0.4 is 10.5 Å². The standard InChI is InChI=1S/C19H20N6O2S/c1-12(27-3)18-21-13(11-28-18)10-24(2)19-22-16-15(17(26)23-19)9-20-25(16)14-7-5-4-6-8-14/h4-9,11-12H,10H2,1-3H3,(H,22,23,26). The Morgan fingerprint density at radius 3 is 2.82 bits per heavy atom.